The van der Waals surface area contributed by atoms with E-state index in [0.717, 1.165) is 17.1 Å². The number of benzene rings is 2. The van der Waals surface area contributed by atoms with Gasteiger partial charge in [0.15, 0.2) is 5.82 Å². The maximum Gasteiger partial charge on any atom is 0.263 e. The molecule has 0 saturated carbocycles. The highest BCUT2D eigenvalue weighted by Crippen LogP contribution is 2.21. The summed E-state index contributed by atoms with van der Waals surface area (Å²) < 4.78 is 1.95. The second-order valence-electron chi connectivity index (χ2n) is 4.44. The average molecular weight is 330 g/mol. The van der Waals surface area contributed by atoms with Crippen LogP contribution < -0.4 is 4.80 Å². The van der Waals surface area contributed by atoms with Gasteiger partial charge >= 0.3 is 0 Å². The standard InChI is InChI=1S/C16H12ClN3OS/c17-11-14(21)18-16-19-15(12-7-3-1-4-8-12)20(22-16)13-9-5-2-6-10-13/h1-10H,11H2. The van der Waals surface area contributed by atoms with E-state index in [1.54, 1.807) is 0 Å². The van der Waals surface area contributed by atoms with Crippen LogP contribution in [0.25, 0.3) is 17.1 Å². The number of amides is 1. The lowest BCUT2D eigenvalue weighted by Crippen LogP contribution is -2.05. The molecule has 0 unspecified atom stereocenters. The first-order valence-corrected chi connectivity index (χ1v) is 7.93. The van der Waals surface area contributed by atoms with Crippen LogP contribution >= 0.6 is 23.1 Å². The van der Waals surface area contributed by atoms with E-state index in [0.29, 0.717) is 4.80 Å². The molecule has 1 heterocycles. The molecule has 1 aromatic heterocycles. The molecule has 0 spiro atoms. The minimum atomic E-state index is -0.393. The number of hydrogen-bond acceptors (Lipinski definition) is 3. The summed E-state index contributed by atoms with van der Waals surface area (Å²) in [5.74, 6) is 0.208. The fourth-order valence-electron chi connectivity index (χ4n) is 1.97. The van der Waals surface area contributed by atoms with Gasteiger partial charge < -0.3 is 0 Å². The first kappa shape index (κ1) is 14.7. The molecule has 3 rings (SSSR count). The Morgan fingerprint density at radius 3 is 2.36 bits per heavy atom. The third-order valence-electron chi connectivity index (χ3n) is 2.92. The van der Waals surface area contributed by atoms with Gasteiger partial charge in [0.25, 0.3) is 5.91 Å². The zero-order valence-corrected chi connectivity index (χ0v) is 13.1. The van der Waals surface area contributed by atoms with Gasteiger partial charge in [0, 0.05) is 5.56 Å². The summed E-state index contributed by atoms with van der Waals surface area (Å²) in [6.45, 7) is 0. The average Bonchev–Trinajstić information content (AvgIpc) is 3.00. The number of rotatable bonds is 3. The van der Waals surface area contributed by atoms with Crippen LogP contribution in [0.1, 0.15) is 0 Å². The van der Waals surface area contributed by atoms with E-state index in [1.165, 1.54) is 11.5 Å². The van der Waals surface area contributed by atoms with Crippen molar-refractivity contribution in [3.05, 3.63) is 65.5 Å². The summed E-state index contributed by atoms with van der Waals surface area (Å²) in [6, 6.07) is 19.6. The van der Waals surface area contributed by atoms with Gasteiger partial charge in [0.05, 0.1) is 5.69 Å². The van der Waals surface area contributed by atoms with E-state index in [-0.39, 0.29) is 5.88 Å². The van der Waals surface area contributed by atoms with Gasteiger partial charge in [0.1, 0.15) is 5.88 Å². The molecule has 0 aliphatic carbocycles. The quantitative estimate of drug-likeness (QED) is 0.692. The van der Waals surface area contributed by atoms with Crippen molar-refractivity contribution in [1.29, 1.82) is 0 Å². The fraction of sp³-hybridized carbons (Fsp3) is 0.0625. The number of hydrogen-bond donors (Lipinski definition) is 0. The molecular weight excluding hydrogens is 318 g/mol. The second-order valence-corrected chi connectivity index (χ2v) is 5.62. The first-order valence-electron chi connectivity index (χ1n) is 6.62. The largest absolute Gasteiger partial charge is 0.271 e. The summed E-state index contributed by atoms with van der Waals surface area (Å²) in [5, 5.41) is 0. The summed E-state index contributed by atoms with van der Waals surface area (Å²) in [7, 11) is 0. The fourth-order valence-corrected chi connectivity index (χ4v) is 2.92. The van der Waals surface area contributed by atoms with Gasteiger partial charge in [-0.25, -0.2) is 3.96 Å². The number of carbonyl (C=O) groups is 1. The Labute approximate surface area is 136 Å². The molecule has 0 saturated heterocycles. The van der Waals surface area contributed by atoms with E-state index in [2.05, 4.69) is 9.98 Å². The number of nitrogens with zero attached hydrogens (tertiary/aromatic N) is 3. The van der Waals surface area contributed by atoms with Crippen molar-refractivity contribution in [3.63, 3.8) is 0 Å². The minimum Gasteiger partial charge on any atom is -0.271 e. The van der Waals surface area contributed by atoms with Crippen LogP contribution in [0.2, 0.25) is 0 Å². The van der Waals surface area contributed by atoms with Gasteiger partial charge in [-0.1, -0.05) is 48.5 Å². The smallest absolute Gasteiger partial charge is 0.263 e. The Hall–Kier alpha value is -2.24. The third kappa shape index (κ3) is 3.16. The Bertz CT molecular complexity index is 781. The van der Waals surface area contributed by atoms with Crippen LogP contribution in [0.3, 0.4) is 0 Å². The van der Waals surface area contributed by atoms with Gasteiger partial charge in [0.2, 0.25) is 4.80 Å². The normalized spacial score (nSPS) is 11.6. The SMILES string of the molecule is O=C(CCl)N=c1nc(-c2ccccc2)n(-c2ccccc2)s1. The predicted molar refractivity (Wildman–Crippen MR) is 88.2 cm³/mol. The van der Waals surface area contributed by atoms with Crippen LogP contribution in [0.5, 0.6) is 0 Å². The Morgan fingerprint density at radius 1 is 1.09 bits per heavy atom. The summed E-state index contributed by atoms with van der Waals surface area (Å²) in [6.07, 6.45) is 0. The van der Waals surface area contributed by atoms with Crippen molar-refractivity contribution < 1.29 is 4.79 Å². The van der Waals surface area contributed by atoms with Crippen molar-refractivity contribution in [2.75, 3.05) is 5.88 Å². The van der Waals surface area contributed by atoms with Crippen LogP contribution in [0.15, 0.2) is 65.7 Å². The van der Waals surface area contributed by atoms with Gasteiger partial charge in [-0.2, -0.15) is 9.98 Å². The van der Waals surface area contributed by atoms with Crippen molar-refractivity contribution in [2.45, 2.75) is 0 Å². The Balaban J connectivity index is 2.19. The van der Waals surface area contributed by atoms with E-state index in [4.69, 9.17) is 11.6 Å². The zero-order chi connectivity index (χ0) is 15.4. The number of carbonyl (C=O) groups excluding carboxylic acids is 1. The molecule has 0 atom stereocenters. The van der Waals surface area contributed by atoms with Crippen molar-refractivity contribution in [2.24, 2.45) is 4.99 Å². The topological polar surface area (TPSA) is 47.2 Å². The molecule has 0 bridgehead atoms. The Morgan fingerprint density at radius 2 is 1.73 bits per heavy atom. The first-order chi connectivity index (χ1) is 10.8. The molecule has 2 aromatic carbocycles. The molecule has 0 N–H and O–H groups in total. The van der Waals surface area contributed by atoms with Crippen molar-refractivity contribution >= 4 is 29.0 Å². The number of para-hydroxylation sites is 1. The van der Waals surface area contributed by atoms with E-state index < -0.39 is 5.91 Å². The molecule has 0 fully saturated rings. The predicted octanol–water partition coefficient (Wildman–Crippen LogP) is 3.27. The van der Waals surface area contributed by atoms with Gasteiger partial charge in [-0.15, -0.1) is 11.6 Å². The highest BCUT2D eigenvalue weighted by Gasteiger charge is 2.11. The molecular formula is C16H12ClN3OS. The second kappa shape index (κ2) is 6.68. The number of alkyl halides is 1. The number of aromatic nitrogens is 2. The van der Waals surface area contributed by atoms with Crippen LogP contribution in [0, 0.1) is 0 Å². The molecule has 6 heteroatoms. The third-order valence-corrected chi connectivity index (χ3v) is 4.07. The lowest BCUT2D eigenvalue weighted by atomic mass is 10.2. The zero-order valence-electron chi connectivity index (χ0n) is 11.5. The maximum absolute atomic E-state index is 11.4. The molecule has 0 aliphatic rings. The maximum atomic E-state index is 11.4. The van der Waals surface area contributed by atoms with Crippen molar-refractivity contribution in [3.8, 4) is 17.1 Å². The van der Waals surface area contributed by atoms with Gasteiger partial charge in [-0.05, 0) is 23.7 Å². The van der Waals surface area contributed by atoms with Crippen LogP contribution in [-0.2, 0) is 4.79 Å². The summed E-state index contributed by atoms with van der Waals surface area (Å²) in [5.41, 5.74) is 1.93. The van der Waals surface area contributed by atoms with Crippen molar-refractivity contribution in [1.82, 2.24) is 8.94 Å². The number of halogens is 1. The highest BCUT2D eigenvalue weighted by molar-refractivity contribution is 7.04. The van der Waals surface area contributed by atoms with E-state index in [1.807, 2.05) is 64.6 Å². The molecule has 4 nitrogen and oxygen atoms in total. The lowest BCUT2D eigenvalue weighted by Gasteiger charge is -2.05. The molecule has 3 aromatic rings. The minimum absolute atomic E-state index is 0.147. The molecule has 1 amide bonds. The molecule has 0 aliphatic heterocycles. The van der Waals surface area contributed by atoms with E-state index in [9.17, 15) is 4.79 Å². The molecule has 0 radical (unpaired) electrons. The van der Waals surface area contributed by atoms with Crippen LogP contribution in [0.4, 0.5) is 0 Å². The highest BCUT2D eigenvalue weighted by atomic mass is 35.5. The summed E-state index contributed by atoms with van der Waals surface area (Å²) >= 11 is 6.82. The molecule has 22 heavy (non-hydrogen) atoms. The monoisotopic (exact) mass is 329 g/mol. The van der Waals surface area contributed by atoms with Gasteiger partial charge in [-0.3, -0.25) is 4.79 Å². The summed E-state index contributed by atoms with van der Waals surface area (Å²) in [4.78, 5) is 20.2. The van der Waals surface area contributed by atoms with E-state index >= 15 is 0 Å². The Kier molecular flexibility index (Phi) is 4.46. The lowest BCUT2D eigenvalue weighted by molar-refractivity contribution is -0.115. The molecule has 110 valence electrons. The van der Waals surface area contributed by atoms with Crippen LogP contribution in [-0.4, -0.2) is 20.7 Å².